The standard InChI is InChI=1S/C8H19NO/c1-7(2)6-10-8(3)4-5-9/h7-8H,4-6,9H2,1-3H3. The Balaban J connectivity index is 3.12. The van der Waals surface area contributed by atoms with Gasteiger partial charge in [-0.25, -0.2) is 0 Å². The van der Waals surface area contributed by atoms with E-state index in [2.05, 4.69) is 20.8 Å². The summed E-state index contributed by atoms with van der Waals surface area (Å²) in [7, 11) is 0. The van der Waals surface area contributed by atoms with Crippen LogP contribution in [0.5, 0.6) is 0 Å². The number of nitrogens with two attached hydrogens (primary N) is 1. The quantitative estimate of drug-likeness (QED) is 0.634. The summed E-state index contributed by atoms with van der Waals surface area (Å²) >= 11 is 0. The highest BCUT2D eigenvalue weighted by atomic mass is 16.5. The van der Waals surface area contributed by atoms with Crippen LogP contribution in [0, 0.1) is 5.92 Å². The average molecular weight is 145 g/mol. The molecule has 0 aromatic rings. The van der Waals surface area contributed by atoms with Gasteiger partial charge in [0.2, 0.25) is 0 Å². The van der Waals surface area contributed by atoms with Crippen molar-refractivity contribution in [1.82, 2.24) is 0 Å². The second kappa shape index (κ2) is 5.69. The van der Waals surface area contributed by atoms with Crippen molar-refractivity contribution < 1.29 is 4.74 Å². The van der Waals surface area contributed by atoms with Crippen molar-refractivity contribution in [1.29, 1.82) is 0 Å². The molecular formula is C8H19NO. The molecule has 62 valence electrons. The molecule has 0 aliphatic rings. The van der Waals surface area contributed by atoms with Gasteiger partial charge in [0.15, 0.2) is 0 Å². The lowest BCUT2D eigenvalue weighted by Gasteiger charge is -2.13. The van der Waals surface area contributed by atoms with Crippen molar-refractivity contribution in [3.8, 4) is 0 Å². The third-order valence-corrected chi connectivity index (χ3v) is 1.29. The smallest absolute Gasteiger partial charge is 0.0559 e. The third-order valence-electron chi connectivity index (χ3n) is 1.29. The average Bonchev–Trinajstić information content (AvgIpc) is 1.85. The maximum Gasteiger partial charge on any atom is 0.0559 e. The monoisotopic (exact) mass is 145 g/mol. The molecule has 0 spiro atoms. The van der Waals surface area contributed by atoms with Gasteiger partial charge >= 0.3 is 0 Å². The van der Waals surface area contributed by atoms with Crippen LogP contribution in [0.3, 0.4) is 0 Å². The van der Waals surface area contributed by atoms with E-state index in [9.17, 15) is 0 Å². The summed E-state index contributed by atoms with van der Waals surface area (Å²) in [6.45, 7) is 7.93. The van der Waals surface area contributed by atoms with Crippen LogP contribution in [0.1, 0.15) is 27.2 Å². The van der Waals surface area contributed by atoms with Gasteiger partial charge < -0.3 is 10.5 Å². The lowest BCUT2D eigenvalue weighted by Crippen LogP contribution is -2.16. The highest BCUT2D eigenvalue weighted by Crippen LogP contribution is 1.99. The van der Waals surface area contributed by atoms with Crippen molar-refractivity contribution >= 4 is 0 Å². The first-order chi connectivity index (χ1) is 4.66. The molecule has 10 heavy (non-hydrogen) atoms. The molecule has 0 aliphatic heterocycles. The zero-order valence-corrected chi connectivity index (χ0v) is 7.26. The van der Waals surface area contributed by atoms with Gasteiger partial charge in [0.25, 0.3) is 0 Å². The molecule has 0 rings (SSSR count). The summed E-state index contributed by atoms with van der Waals surface area (Å²) < 4.78 is 5.46. The molecule has 2 N–H and O–H groups in total. The molecule has 2 heteroatoms. The summed E-state index contributed by atoms with van der Waals surface area (Å²) in [5.41, 5.74) is 5.36. The molecule has 0 aromatic carbocycles. The fourth-order valence-corrected chi connectivity index (χ4v) is 0.675. The second-order valence-corrected chi connectivity index (χ2v) is 3.12. The number of hydrogen-bond donors (Lipinski definition) is 1. The van der Waals surface area contributed by atoms with E-state index in [4.69, 9.17) is 10.5 Å². The highest BCUT2D eigenvalue weighted by molar-refractivity contribution is 4.51. The van der Waals surface area contributed by atoms with Gasteiger partial charge in [0.1, 0.15) is 0 Å². The minimum Gasteiger partial charge on any atom is -0.378 e. The molecular weight excluding hydrogens is 126 g/mol. The topological polar surface area (TPSA) is 35.2 Å². The molecule has 1 atom stereocenters. The van der Waals surface area contributed by atoms with Gasteiger partial charge in [-0.05, 0) is 25.8 Å². The van der Waals surface area contributed by atoms with Crippen molar-refractivity contribution in [2.24, 2.45) is 11.7 Å². The van der Waals surface area contributed by atoms with Crippen LogP contribution < -0.4 is 5.73 Å². The Morgan fingerprint density at radius 1 is 1.30 bits per heavy atom. The normalized spacial score (nSPS) is 14.1. The Kier molecular flexibility index (Phi) is 5.64. The molecule has 0 amide bonds. The summed E-state index contributed by atoms with van der Waals surface area (Å²) in [6.07, 6.45) is 1.29. The Bertz CT molecular complexity index is 73.7. The Morgan fingerprint density at radius 2 is 1.90 bits per heavy atom. The summed E-state index contributed by atoms with van der Waals surface area (Å²) in [4.78, 5) is 0. The number of hydrogen-bond acceptors (Lipinski definition) is 2. The van der Waals surface area contributed by atoms with Gasteiger partial charge in [-0.1, -0.05) is 13.8 Å². The van der Waals surface area contributed by atoms with E-state index in [1.54, 1.807) is 0 Å². The number of rotatable bonds is 5. The largest absolute Gasteiger partial charge is 0.378 e. The predicted molar refractivity (Wildman–Crippen MR) is 43.9 cm³/mol. The summed E-state index contributed by atoms with van der Waals surface area (Å²) in [5, 5.41) is 0. The highest BCUT2D eigenvalue weighted by Gasteiger charge is 2.00. The third kappa shape index (κ3) is 6.05. The van der Waals surface area contributed by atoms with Gasteiger partial charge in [-0.15, -0.1) is 0 Å². The fourth-order valence-electron chi connectivity index (χ4n) is 0.675. The van der Waals surface area contributed by atoms with Gasteiger partial charge in [0, 0.05) is 6.61 Å². The lowest BCUT2D eigenvalue weighted by atomic mass is 10.2. The lowest BCUT2D eigenvalue weighted by molar-refractivity contribution is 0.0440. The van der Waals surface area contributed by atoms with Crippen LogP contribution in [0.2, 0.25) is 0 Å². The summed E-state index contributed by atoms with van der Waals surface area (Å²) in [6, 6.07) is 0. The summed E-state index contributed by atoms with van der Waals surface area (Å²) in [5.74, 6) is 0.625. The molecule has 0 heterocycles. The van der Waals surface area contributed by atoms with E-state index < -0.39 is 0 Å². The zero-order valence-electron chi connectivity index (χ0n) is 7.26. The van der Waals surface area contributed by atoms with Crippen LogP contribution in [-0.2, 0) is 4.74 Å². The van der Waals surface area contributed by atoms with E-state index in [0.29, 0.717) is 12.0 Å². The van der Waals surface area contributed by atoms with E-state index in [1.807, 2.05) is 0 Å². The molecule has 0 aliphatic carbocycles. The van der Waals surface area contributed by atoms with E-state index in [1.165, 1.54) is 0 Å². The maximum absolute atomic E-state index is 5.46. The second-order valence-electron chi connectivity index (χ2n) is 3.12. The zero-order chi connectivity index (χ0) is 7.98. The molecule has 0 saturated carbocycles. The molecule has 0 saturated heterocycles. The first-order valence-electron chi connectivity index (χ1n) is 3.98. The van der Waals surface area contributed by atoms with E-state index >= 15 is 0 Å². The molecule has 2 nitrogen and oxygen atoms in total. The number of ether oxygens (including phenoxy) is 1. The predicted octanol–water partition coefficient (Wildman–Crippen LogP) is 1.40. The molecule has 0 radical (unpaired) electrons. The van der Waals surface area contributed by atoms with E-state index in [-0.39, 0.29) is 0 Å². The fraction of sp³-hybridized carbons (Fsp3) is 1.00. The Morgan fingerprint density at radius 3 is 2.30 bits per heavy atom. The van der Waals surface area contributed by atoms with Crippen LogP contribution >= 0.6 is 0 Å². The molecule has 1 unspecified atom stereocenters. The molecule has 0 fully saturated rings. The first-order valence-corrected chi connectivity index (χ1v) is 3.98. The van der Waals surface area contributed by atoms with Gasteiger partial charge in [-0.2, -0.15) is 0 Å². The Hall–Kier alpha value is -0.0800. The minimum absolute atomic E-state index is 0.326. The van der Waals surface area contributed by atoms with Crippen LogP contribution in [0.4, 0.5) is 0 Å². The Labute approximate surface area is 63.7 Å². The van der Waals surface area contributed by atoms with Gasteiger partial charge in [0.05, 0.1) is 6.10 Å². The van der Waals surface area contributed by atoms with Crippen molar-refractivity contribution in [2.75, 3.05) is 13.2 Å². The van der Waals surface area contributed by atoms with Crippen molar-refractivity contribution in [3.63, 3.8) is 0 Å². The van der Waals surface area contributed by atoms with Crippen LogP contribution in [-0.4, -0.2) is 19.3 Å². The van der Waals surface area contributed by atoms with Crippen LogP contribution in [0.15, 0.2) is 0 Å². The molecule has 0 aromatic heterocycles. The SMILES string of the molecule is CC(C)COC(C)CCN. The minimum atomic E-state index is 0.326. The maximum atomic E-state index is 5.46. The van der Waals surface area contributed by atoms with E-state index in [0.717, 1.165) is 19.6 Å². The van der Waals surface area contributed by atoms with Crippen LogP contribution in [0.25, 0.3) is 0 Å². The molecule has 0 bridgehead atoms. The van der Waals surface area contributed by atoms with Crippen molar-refractivity contribution in [2.45, 2.75) is 33.3 Å². The van der Waals surface area contributed by atoms with Crippen molar-refractivity contribution in [3.05, 3.63) is 0 Å². The first kappa shape index (κ1) is 9.92. The van der Waals surface area contributed by atoms with Gasteiger partial charge in [-0.3, -0.25) is 0 Å².